The Hall–Kier alpha value is -2.01. The van der Waals surface area contributed by atoms with Crippen LogP contribution in [0.25, 0.3) is 0 Å². The van der Waals surface area contributed by atoms with Crippen LogP contribution in [0.5, 0.6) is 11.5 Å². The third-order valence-corrected chi connectivity index (χ3v) is 3.40. The molecule has 5 nitrogen and oxygen atoms in total. The van der Waals surface area contributed by atoms with E-state index < -0.39 is 6.10 Å². The fraction of sp³-hybridized carbons (Fsp3) is 0.400. The Morgan fingerprint density at radius 2 is 2.05 bits per heavy atom. The highest BCUT2D eigenvalue weighted by Gasteiger charge is 2.15. The number of aryl methyl sites for hydroxylation is 2. The van der Waals surface area contributed by atoms with Crippen LogP contribution in [-0.4, -0.2) is 29.1 Å². The molecule has 20 heavy (non-hydrogen) atoms. The van der Waals surface area contributed by atoms with Crippen LogP contribution < -0.4 is 9.47 Å². The lowest BCUT2D eigenvalue weighted by Gasteiger charge is -2.15. The quantitative estimate of drug-likeness (QED) is 0.878. The van der Waals surface area contributed by atoms with E-state index in [4.69, 9.17) is 9.47 Å². The van der Waals surface area contributed by atoms with Crippen LogP contribution in [0, 0.1) is 0 Å². The lowest BCUT2D eigenvalue weighted by molar-refractivity contribution is 0.163. The van der Waals surface area contributed by atoms with Gasteiger partial charge in [-0.25, -0.2) is 0 Å². The highest BCUT2D eigenvalue weighted by atomic mass is 16.5. The lowest BCUT2D eigenvalue weighted by Crippen LogP contribution is -2.05. The number of hydrogen-bond donors (Lipinski definition) is 1. The van der Waals surface area contributed by atoms with Gasteiger partial charge < -0.3 is 14.6 Å². The monoisotopic (exact) mass is 276 g/mol. The summed E-state index contributed by atoms with van der Waals surface area (Å²) in [6.45, 7) is 0. The first kappa shape index (κ1) is 14.4. The zero-order chi connectivity index (χ0) is 14.5. The molecule has 0 aliphatic rings. The molecule has 1 aromatic heterocycles. The fourth-order valence-electron chi connectivity index (χ4n) is 2.18. The molecule has 0 radical (unpaired) electrons. The average molecular weight is 276 g/mol. The van der Waals surface area contributed by atoms with Crippen LogP contribution >= 0.6 is 0 Å². The molecule has 1 atom stereocenters. The van der Waals surface area contributed by atoms with Crippen molar-refractivity contribution in [2.24, 2.45) is 7.05 Å². The van der Waals surface area contributed by atoms with Crippen molar-refractivity contribution < 1.29 is 14.6 Å². The molecule has 0 amide bonds. The first-order valence-corrected chi connectivity index (χ1v) is 6.52. The summed E-state index contributed by atoms with van der Waals surface area (Å²) in [5, 5.41) is 14.5. The minimum absolute atomic E-state index is 0.578. The number of aliphatic hydroxyl groups excluding tert-OH is 1. The average Bonchev–Trinajstić information content (AvgIpc) is 2.89. The van der Waals surface area contributed by atoms with Crippen molar-refractivity contribution in [3.05, 3.63) is 41.7 Å². The summed E-state index contributed by atoms with van der Waals surface area (Å²) in [5.74, 6) is 1.35. The van der Waals surface area contributed by atoms with Crippen LogP contribution in [0.2, 0.25) is 0 Å². The van der Waals surface area contributed by atoms with Gasteiger partial charge in [0.1, 0.15) is 11.5 Å². The van der Waals surface area contributed by atoms with Crippen LogP contribution in [0.15, 0.2) is 30.5 Å². The maximum absolute atomic E-state index is 10.3. The summed E-state index contributed by atoms with van der Waals surface area (Å²) < 4.78 is 12.3. The van der Waals surface area contributed by atoms with Gasteiger partial charge >= 0.3 is 0 Å². The third-order valence-electron chi connectivity index (χ3n) is 3.40. The SMILES string of the molecule is COc1ccc(C(O)CCc2ccnn2C)c(OC)c1. The van der Waals surface area contributed by atoms with Crippen molar-refractivity contribution in [2.75, 3.05) is 14.2 Å². The Morgan fingerprint density at radius 3 is 2.65 bits per heavy atom. The predicted octanol–water partition coefficient (Wildman–Crippen LogP) is 2.10. The van der Waals surface area contributed by atoms with E-state index in [1.54, 1.807) is 26.5 Å². The molecule has 1 aromatic carbocycles. The molecule has 1 heterocycles. The number of benzene rings is 1. The van der Waals surface area contributed by atoms with E-state index in [1.807, 2.05) is 29.9 Å². The van der Waals surface area contributed by atoms with E-state index in [-0.39, 0.29) is 0 Å². The summed E-state index contributed by atoms with van der Waals surface area (Å²) in [6.07, 6.45) is 2.55. The van der Waals surface area contributed by atoms with Crippen molar-refractivity contribution in [3.63, 3.8) is 0 Å². The fourth-order valence-corrected chi connectivity index (χ4v) is 2.18. The van der Waals surface area contributed by atoms with E-state index in [1.165, 1.54) is 0 Å². The molecule has 2 rings (SSSR count). The molecule has 0 bridgehead atoms. The molecule has 0 aliphatic carbocycles. The Labute approximate surface area is 118 Å². The Morgan fingerprint density at radius 1 is 1.25 bits per heavy atom. The Kier molecular flexibility index (Phi) is 4.63. The van der Waals surface area contributed by atoms with E-state index in [9.17, 15) is 5.11 Å². The van der Waals surface area contributed by atoms with Crippen molar-refractivity contribution in [3.8, 4) is 11.5 Å². The first-order chi connectivity index (χ1) is 9.65. The number of nitrogens with zero attached hydrogens (tertiary/aromatic N) is 2. The maximum Gasteiger partial charge on any atom is 0.128 e. The summed E-state index contributed by atoms with van der Waals surface area (Å²) in [4.78, 5) is 0. The van der Waals surface area contributed by atoms with Gasteiger partial charge in [0.25, 0.3) is 0 Å². The van der Waals surface area contributed by atoms with E-state index in [0.717, 1.165) is 17.7 Å². The second kappa shape index (κ2) is 6.43. The highest BCUT2D eigenvalue weighted by molar-refractivity contribution is 5.42. The first-order valence-electron chi connectivity index (χ1n) is 6.52. The lowest BCUT2D eigenvalue weighted by atomic mass is 10.0. The summed E-state index contributed by atoms with van der Waals surface area (Å²) in [5.41, 5.74) is 1.87. The summed E-state index contributed by atoms with van der Waals surface area (Å²) in [7, 11) is 5.09. The molecule has 5 heteroatoms. The topological polar surface area (TPSA) is 56.5 Å². The van der Waals surface area contributed by atoms with Gasteiger partial charge in [-0.1, -0.05) is 0 Å². The summed E-state index contributed by atoms with van der Waals surface area (Å²) >= 11 is 0. The molecule has 1 unspecified atom stereocenters. The summed E-state index contributed by atoms with van der Waals surface area (Å²) in [6, 6.07) is 7.40. The molecule has 0 saturated heterocycles. The van der Waals surface area contributed by atoms with E-state index in [2.05, 4.69) is 5.10 Å². The van der Waals surface area contributed by atoms with Gasteiger partial charge in [-0.15, -0.1) is 0 Å². The minimum Gasteiger partial charge on any atom is -0.497 e. The smallest absolute Gasteiger partial charge is 0.128 e. The molecule has 2 aromatic rings. The van der Waals surface area contributed by atoms with Crippen molar-refractivity contribution >= 4 is 0 Å². The molecule has 0 saturated carbocycles. The predicted molar refractivity (Wildman–Crippen MR) is 76.0 cm³/mol. The molecule has 0 fully saturated rings. The second-order valence-corrected chi connectivity index (χ2v) is 4.61. The van der Waals surface area contributed by atoms with E-state index in [0.29, 0.717) is 17.9 Å². The number of aliphatic hydroxyl groups is 1. The number of rotatable bonds is 6. The van der Waals surface area contributed by atoms with Gasteiger partial charge in [-0.2, -0.15) is 5.10 Å². The number of hydrogen-bond acceptors (Lipinski definition) is 4. The van der Waals surface area contributed by atoms with Crippen molar-refractivity contribution in [1.82, 2.24) is 9.78 Å². The molecular formula is C15H20N2O3. The van der Waals surface area contributed by atoms with Gasteiger partial charge in [0.05, 0.1) is 20.3 Å². The minimum atomic E-state index is -0.578. The largest absolute Gasteiger partial charge is 0.497 e. The molecule has 1 N–H and O–H groups in total. The van der Waals surface area contributed by atoms with E-state index >= 15 is 0 Å². The van der Waals surface area contributed by atoms with Gasteiger partial charge in [0.2, 0.25) is 0 Å². The third kappa shape index (κ3) is 3.11. The number of ether oxygens (including phenoxy) is 2. The van der Waals surface area contributed by atoms with Gasteiger partial charge in [0.15, 0.2) is 0 Å². The van der Waals surface area contributed by atoms with Gasteiger partial charge in [-0.3, -0.25) is 4.68 Å². The van der Waals surface area contributed by atoms with Gasteiger partial charge in [-0.05, 0) is 31.0 Å². The number of methoxy groups -OCH3 is 2. The van der Waals surface area contributed by atoms with Crippen LogP contribution in [-0.2, 0) is 13.5 Å². The molecule has 0 aliphatic heterocycles. The van der Waals surface area contributed by atoms with Crippen LogP contribution in [0.3, 0.4) is 0 Å². The van der Waals surface area contributed by atoms with Crippen LogP contribution in [0.1, 0.15) is 23.8 Å². The zero-order valence-corrected chi connectivity index (χ0v) is 12.0. The molecular weight excluding hydrogens is 256 g/mol. The highest BCUT2D eigenvalue weighted by Crippen LogP contribution is 2.31. The van der Waals surface area contributed by atoms with Gasteiger partial charge in [0, 0.05) is 30.6 Å². The van der Waals surface area contributed by atoms with Crippen molar-refractivity contribution in [2.45, 2.75) is 18.9 Å². The zero-order valence-electron chi connectivity index (χ0n) is 12.0. The Balaban J connectivity index is 2.08. The second-order valence-electron chi connectivity index (χ2n) is 4.61. The van der Waals surface area contributed by atoms with Crippen LogP contribution in [0.4, 0.5) is 0 Å². The normalized spacial score (nSPS) is 12.2. The number of aromatic nitrogens is 2. The standard InChI is InChI=1S/C15H20N2O3/c1-17-11(8-9-16-17)4-7-14(18)13-6-5-12(19-2)10-15(13)20-3/h5-6,8-10,14,18H,4,7H2,1-3H3. The maximum atomic E-state index is 10.3. The molecule has 108 valence electrons. The van der Waals surface area contributed by atoms with Crippen molar-refractivity contribution in [1.29, 1.82) is 0 Å². The molecule has 0 spiro atoms. The Bertz CT molecular complexity index is 566.